The van der Waals surface area contributed by atoms with Gasteiger partial charge in [0.1, 0.15) is 23.4 Å². The lowest BCUT2D eigenvalue weighted by molar-refractivity contribution is 0.0695. The number of likely N-dealkylation sites (N-methyl/N-ethyl adjacent to an activating group) is 1. The molecule has 0 saturated carbocycles. The van der Waals surface area contributed by atoms with Crippen LogP contribution in [0.25, 0.3) is 16.6 Å². The molecule has 1 saturated heterocycles. The lowest BCUT2D eigenvalue weighted by atomic mass is 10.1. The Morgan fingerprint density at radius 1 is 1.31 bits per heavy atom. The van der Waals surface area contributed by atoms with Crippen molar-refractivity contribution in [3.8, 4) is 5.75 Å². The zero-order chi connectivity index (χ0) is 18.6. The largest absolute Gasteiger partial charge is 0.483 e. The van der Waals surface area contributed by atoms with Crippen molar-refractivity contribution in [2.75, 3.05) is 44.7 Å². The summed E-state index contributed by atoms with van der Waals surface area (Å²) in [6.45, 7) is 6.80. The first kappa shape index (κ1) is 16.6. The fourth-order valence-electron chi connectivity index (χ4n) is 3.50. The Kier molecular flexibility index (Phi) is 3.73. The zero-order valence-corrected chi connectivity index (χ0v) is 14.3. The van der Waals surface area contributed by atoms with Gasteiger partial charge < -0.3 is 24.2 Å². The van der Waals surface area contributed by atoms with Crippen LogP contribution in [-0.4, -0.2) is 60.4 Å². The number of rotatable bonds is 2. The molecule has 1 fully saturated rings. The van der Waals surface area contributed by atoms with Crippen LogP contribution in [0.1, 0.15) is 10.4 Å². The average Bonchev–Trinajstić information content (AvgIpc) is 2.60. The number of ether oxygens (including phenoxy) is 1. The molecule has 3 heterocycles. The Morgan fingerprint density at radius 2 is 2.00 bits per heavy atom. The molecule has 0 amide bonds. The van der Waals surface area contributed by atoms with Crippen LogP contribution >= 0.6 is 0 Å². The third-order valence-electron chi connectivity index (χ3n) is 4.94. The van der Waals surface area contributed by atoms with E-state index >= 15 is 0 Å². The summed E-state index contributed by atoms with van der Waals surface area (Å²) in [5, 5.41) is 9.27. The molecular weight excluding hydrogens is 341 g/mol. The SMILES string of the molecule is C=C1COc2c(N3CCN(C)CC3)c(F)cc3c(=O)c(C(=O)O)cn1c23. The summed E-state index contributed by atoms with van der Waals surface area (Å²) in [4.78, 5) is 28.0. The van der Waals surface area contributed by atoms with Gasteiger partial charge in [-0.15, -0.1) is 0 Å². The molecule has 0 radical (unpaired) electrons. The third-order valence-corrected chi connectivity index (χ3v) is 4.94. The Hall–Kier alpha value is -2.87. The summed E-state index contributed by atoms with van der Waals surface area (Å²) < 4.78 is 22.2. The van der Waals surface area contributed by atoms with Crippen LogP contribution in [0.2, 0.25) is 0 Å². The highest BCUT2D eigenvalue weighted by Crippen LogP contribution is 2.41. The van der Waals surface area contributed by atoms with Crippen LogP contribution in [0.4, 0.5) is 10.1 Å². The van der Waals surface area contributed by atoms with Gasteiger partial charge in [0, 0.05) is 32.4 Å². The molecule has 4 rings (SSSR count). The minimum atomic E-state index is -1.36. The van der Waals surface area contributed by atoms with E-state index in [2.05, 4.69) is 11.5 Å². The highest BCUT2D eigenvalue weighted by atomic mass is 19.1. The highest BCUT2D eigenvalue weighted by molar-refractivity contribution is 5.99. The standard InChI is InChI=1S/C18H18FN3O4/c1-10-9-26-17-14-11(16(23)12(18(24)25)8-22(10)14)7-13(19)15(17)21-5-3-20(2)4-6-21/h7-8H,1,3-6,9H2,2H3,(H,24,25). The van der Waals surface area contributed by atoms with Crippen molar-refractivity contribution in [3.05, 3.63) is 40.4 Å². The van der Waals surface area contributed by atoms with Crippen molar-refractivity contribution >= 4 is 28.3 Å². The van der Waals surface area contributed by atoms with Crippen molar-refractivity contribution in [1.82, 2.24) is 9.47 Å². The van der Waals surface area contributed by atoms with E-state index in [1.807, 2.05) is 11.9 Å². The molecule has 26 heavy (non-hydrogen) atoms. The van der Waals surface area contributed by atoms with E-state index in [0.29, 0.717) is 30.0 Å². The number of hydrogen-bond donors (Lipinski definition) is 1. The number of aromatic nitrogens is 1. The molecule has 1 aromatic carbocycles. The molecule has 2 aliphatic rings. The number of piperazine rings is 1. The molecule has 7 nitrogen and oxygen atoms in total. The van der Waals surface area contributed by atoms with Gasteiger partial charge >= 0.3 is 5.97 Å². The molecule has 8 heteroatoms. The Morgan fingerprint density at radius 3 is 2.65 bits per heavy atom. The summed E-state index contributed by atoms with van der Waals surface area (Å²) >= 11 is 0. The van der Waals surface area contributed by atoms with Crippen LogP contribution in [0.5, 0.6) is 5.75 Å². The number of hydrogen-bond acceptors (Lipinski definition) is 5. The van der Waals surface area contributed by atoms with Gasteiger partial charge in [0.2, 0.25) is 5.43 Å². The van der Waals surface area contributed by atoms with E-state index in [1.54, 1.807) is 0 Å². The highest BCUT2D eigenvalue weighted by Gasteiger charge is 2.29. The number of nitrogens with zero attached hydrogens (tertiary/aromatic N) is 3. The second-order valence-electron chi connectivity index (χ2n) is 6.62. The van der Waals surface area contributed by atoms with Crippen LogP contribution in [-0.2, 0) is 0 Å². The second-order valence-corrected chi connectivity index (χ2v) is 6.62. The van der Waals surface area contributed by atoms with E-state index in [9.17, 15) is 19.1 Å². The van der Waals surface area contributed by atoms with Gasteiger partial charge in [0.15, 0.2) is 11.6 Å². The molecule has 0 bridgehead atoms. The fourth-order valence-corrected chi connectivity index (χ4v) is 3.50. The van der Waals surface area contributed by atoms with Crippen molar-refractivity contribution in [2.24, 2.45) is 0 Å². The van der Waals surface area contributed by atoms with Crippen LogP contribution in [0.15, 0.2) is 23.6 Å². The van der Waals surface area contributed by atoms with E-state index in [4.69, 9.17) is 4.74 Å². The first-order valence-electron chi connectivity index (χ1n) is 8.28. The molecule has 2 aromatic rings. The molecule has 136 valence electrons. The maximum Gasteiger partial charge on any atom is 0.341 e. The second kappa shape index (κ2) is 5.84. The number of halogens is 1. The normalized spacial score (nSPS) is 17.5. The van der Waals surface area contributed by atoms with Crippen LogP contribution in [0.3, 0.4) is 0 Å². The van der Waals surface area contributed by atoms with Crippen molar-refractivity contribution in [3.63, 3.8) is 0 Å². The number of anilines is 1. The van der Waals surface area contributed by atoms with Crippen molar-refractivity contribution < 1.29 is 19.0 Å². The van der Waals surface area contributed by atoms with E-state index < -0.39 is 22.8 Å². The lowest BCUT2D eigenvalue weighted by Crippen LogP contribution is -2.45. The quantitative estimate of drug-likeness (QED) is 0.875. The van der Waals surface area contributed by atoms with Crippen molar-refractivity contribution in [1.29, 1.82) is 0 Å². The topological polar surface area (TPSA) is 75.0 Å². The van der Waals surface area contributed by atoms with Crippen LogP contribution < -0.4 is 15.1 Å². The molecular formula is C18H18FN3O4. The molecule has 0 atom stereocenters. The van der Waals surface area contributed by atoms with Gasteiger partial charge in [-0.25, -0.2) is 9.18 Å². The smallest absolute Gasteiger partial charge is 0.341 e. The molecule has 1 aromatic heterocycles. The number of benzene rings is 1. The number of aromatic carboxylic acids is 1. The molecule has 2 aliphatic heterocycles. The molecule has 1 N–H and O–H groups in total. The first-order valence-corrected chi connectivity index (χ1v) is 8.28. The minimum absolute atomic E-state index is 0.0175. The maximum absolute atomic E-state index is 15.0. The molecule has 0 unspecified atom stereocenters. The first-order chi connectivity index (χ1) is 12.4. The average molecular weight is 359 g/mol. The summed E-state index contributed by atoms with van der Waals surface area (Å²) in [6, 6.07) is 1.11. The molecule has 0 aliphatic carbocycles. The van der Waals surface area contributed by atoms with E-state index in [0.717, 1.165) is 19.2 Å². The fraction of sp³-hybridized carbons (Fsp3) is 0.333. The number of pyridine rings is 1. The van der Waals surface area contributed by atoms with Crippen molar-refractivity contribution in [2.45, 2.75) is 0 Å². The van der Waals surface area contributed by atoms with Gasteiger partial charge in [0.25, 0.3) is 0 Å². The Labute approximate surface area is 148 Å². The number of carboxylic acids is 1. The maximum atomic E-state index is 15.0. The van der Waals surface area contributed by atoms with Gasteiger partial charge in [-0.2, -0.15) is 0 Å². The van der Waals surface area contributed by atoms with E-state index in [-0.39, 0.29) is 17.7 Å². The summed E-state index contributed by atoms with van der Waals surface area (Å²) in [6.07, 6.45) is 1.24. The lowest BCUT2D eigenvalue weighted by Gasteiger charge is -2.36. The van der Waals surface area contributed by atoms with Gasteiger partial charge in [0.05, 0.1) is 11.1 Å². The van der Waals surface area contributed by atoms with E-state index in [1.165, 1.54) is 10.8 Å². The zero-order valence-electron chi connectivity index (χ0n) is 14.3. The van der Waals surface area contributed by atoms with Crippen LogP contribution in [0, 0.1) is 5.82 Å². The van der Waals surface area contributed by atoms with Gasteiger partial charge in [-0.3, -0.25) is 4.79 Å². The Balaban J connectivity index is 2.02. The third kappa shape index (κ3) is 2.37. The predicted molar refractivity (Wildman–Crippen MR) is 95.7 cm³/mol. The number of carbonyl (C=O) groups is 1. The number of carboxylic acid groups (broad SMARTS) is 1. The summed E-state index contributed by atoms with van der Waals surface area (Å²) in [5.41, 5.74) is 0.0206. The molecule has 0 spiro atoms. The monoisotopic (exact) mass is 359 g/mol. The van der Waals surface area contributed by atoms with Gasteiger partial charge in [-0.05, 0) is 13.1 Å². The summed E-state index contributed by atoms with van der Waals surface area (Å²) in [7, 11) is 2.00. The minimum Gasteiger partial charge on any atom is -0.483 e. The predicted octanol–water partition coefficient (Wildman–Crippen LogP) is 1.45. The summed E-state index contributed by atoms with van der Waals surface area (Å²) in [5.74, 6) is -1.67. The van der Waals surface area contributed by atoms with Gasteiger partial charge in [-0.1, -0.05) is 6.58 Å². The Bertz CT molecular complexity index is 1010.